The zero-order valence-electron chi connectivity index (χ0n) is 18.0. The Labute approximate surface area is 186 Å². The number of rotatable bonds is 5. The number of carbonyl (C=O) groups is 2. The smallest absolute Gasteiger partial charge is 0.259 e. The van der Waals surface area contributed by atoms with Crippen LogP contribution in [0.15, 0.2) is 53.9 Å². The van der Waals surface area contributed by atoms with Crippen LogP contribution in [0.3, 0.4) is 0 Å². The lowest BCUT2D eigenvalue weighted by Gasteiger charge is -2.28. The van der Waals surface area contributed by atoms with Gasteiger partial charge >= 0.3 is 0 Å². The van der Waals surface area contributed by atoms with Crippen molar-refractivity contribution in [3.05, 3.63) is 81.0 Å². The molecule has 2 aromatic carbocycles. The van der Waals surface area contributed by atoms with Crippen LogP contribution >= 0.6 is 11.3 Å². The van der Waals surface area contributed by atoms with Crippen LogP contribution in [-0.4, -0.2) is 29.4 Å². The van der Waals surface area contributed by atoms with Crippen LogP contribution in [0.5, 0.6) is 5.75 Å². The van der Waals surface area contributed by atoms with Gasteiger partial charge in [-0.05, 0) is 74.0 Å². The third-order valence-electron chi connectivity index (χ3n) is 5.40. The molecule has 0 saturated heterocycles. The number of para-hydroxylation sites is 1. The molecule has 2 amide bonds. The summed E-state index contributed by atoms with van der Waals surface area (Å²) in [6.45, 7) is 7.07. The number of hydrogen-bond acceptors (Lipinski definition) is 4. The van der Waals surface area contributed by atoms with Crippen LogP contribution in [0.1, 0.15) is 50.6 Å². The van der Waals surface area contributed by atoms with E-state index in [1.807, 2.05) is 56.0 Å². The average molecular weight is 435 g/mol. The van der Waals surface area contributed by atoms with E-state index >= 15 is 0 Å². The molecule has 5 nitrogen and oxygen atoms in total. The van der Waals surface area contributed by atoms with Crippen molar-refractivity contribution in [1.29, 1.82) is 0 Å². The highest BCUT2D eigenvalue weighted by atomic mass is 32.1. The second-order valence-corrected chi connectivity index (χ2v) is 8.94. The zero-order valence-corrected chi connectivity index (χ0v) is 18.8. The largest absolute Gasteiger partial charge is 0.490 e. The Kier molecular flexibility index (Phi) is 6.09. The molecule has 0 unspecified atom stereocenters. The van der Waals surface area contributed by atoms with Crippen LogP contribution in [0.2, 0.25) is 0 Å². The van der Waals surface area contributed by atoms with Crippen molar-refractivity contribution in [2.45, 2.75) is 39.8 Å². The quantitative estimate of drug-likeness (QED) is 0.593. The number of benzene rings is 2. The maximum Gasteiger partial charge on any atom is 0.259 e. The molecule has 2 heterocycles. The van der Waals surface area contributed by atoms with E-state index in [0.29, 0.717) is 35.7 Å². The summed E-state index contributed by atoms with van der Waals surface area (Å²) in [6.07, 6.45) is 0.853. The molecule has 0 bridgehead atoms. The lowest BCUT2D eigenvalue weighted by atomic mass is 10.0. The van der Waals surface area contributed by atoms with Gasteiger partial charge in [0.2, 0.25) is 0 Å². The highest BCUT2D eigenvalue weighted by Gasteiger charge is 2.24. The van der Waals surface area contributed by atoms with E-state index in [2.05, 4.69) is 16.8 Å². The second kappa shape index (κ2) is 8.94. The minimum absolute atomic E-state index is 0.00556. The molecule has 0 atom stereocenters. The summed E-state index contributed by atoms with van der Waals surface area (Å²) in [6, 6.07) is 14.7. The predicted molar refractivity (Wildman–Crippen MR) is 124 cm³/mol. The van der Waals surface area contributed by atoms with Crippen molar-refractivity contribution in [2.75, 3.05) is 11.9 Å². The fraction of sp³-hybridized carbons (Fsp3) is 0.280. The Balaban J connectivity index is 1.55. The molecule has 31 heavy (non-hydrogen) atoms. The molecule has 1 N–H and O–H groups in total. The van der Waals surface area contributed by atoms with E-state index in [0.717, 1.165) is 12.0 Å². The molecule has 1 aromatic heterocycles. The standard InChI is InChI=1S/C25H26N2O3S/c1-16(2)30-22-10-5-4-7-20(22)24(28)26-21-9-6-8-19(17(21)3)25(29)27-13-11-23-18(15-27)12-14-31-23/h4-10,12,14,16H,11,13,15H2,1-3H3,(H,26,28). The first-order valence-electron chi connectivity index (χ1n) is 10.4. The molecule has 0 saturated carbocycles. The summed E-state index contributed by atoms with van der Waals surface area (Å²) in [5.74, 6) is 0.276. The van der Waals surface area contributed by atoms with Crippen LogP contribution in [0.25, 0.3) is 0 Å². The van der Waals surface area contributed by atoms with Crippen molar-refractivity contribution >= 4 is 28.8 Å². The monoisotopic (exact) mass is 434 g/mol. The Morgan fingerprint density at radius 1 is 1.06 bits per heavy atom. The topological polar surface area (TPSA) is 58.6 Å². The van der Waals surface area contributed by atoms with Crippen LogP contribution < -0.4 is 10.1 Å². The number of nitrogens with one attached hydrogen (secondary N) is 1. The van der Waals surface area contributed by atoms with Crippen LogP contribution in [-0.2, 0) is 13.0 Å². The number of anilines is 1. The van der Waals surface area contributed by atoms with Crippen LogP contribution in [0, 0.1) is 6.92 Å². The van der Waals surface area contributed by atoms with Gasteiger partial charge < -0.3 is 15.0 Å². The van der Waals surface area contributed by atoms with Gasteiger partial charge in [0.1, 0.15) is 5.75 Å². The van der Waals surface area contributed by atoms with E-state index in [1.54, 1.807) is 23.5 Å². The Hall–Kier alpha value is -3.12. The van der Waals surface area contributed by atoms with Gasteiger partial charge in [-0.1, -0.05) is 18.2 Å². The molecule has 0 fully saturated rings. The summed E-state index contributed by atoms with van der Waals surface area (Å²) in [5.41, 5.74) is 3.70. The van der Waals surface area contributed by atoms with Crippen molar-refractivity contribution in [3.63, 3.8) is 0 Å². The number of carbonyl (C=O) groups excluding carboxylic acids is 2. The minimum atomic E-state index is -0.259. The van der Waals surface area contributed by atoms with Gasteiger partial charge in [0.25, 0.3) is 11.8 Å². The average Bonchev–Trinajstić information content (AvgIpc) is 3.22. The fourth-order valence-corrected chi connectivity index (χ4v) is 4.69. The van der Waals surface area contributed by atoms with Gasteiger partial charge in [0, 0.05) is 29.2 Å². The lowest BCUT2D eigenvalue weighted by Crippen LogP contribution is -2.35. The van der Waals surface area contributed by atoms with Gasteiger partial charge in [-0.25, -0.2) is 0 Å². The van der Waals surface area contributed by atoms with Gasteiger partial charge in [0.05, 0.1) is 11.7 Å². The van der Waals surface area contributed by atoms with Gasteiger partial charge in [-0.3, -0.25) is 9.59 Å². The third kappa shape index (κ3) is 4.49. The summed E-state index contributed by atoms with van der Waals surface area (Å²) >= 11 is 1.75. The molecule has 4 rings (SSSR count). The summed E-state index contributed by atoms with van der Waals surface area (Å²) in [4.78, 5) is 29.5. The van der Waals surface area contributed by atoms with Crippen molar-refractivity contribution < 1.29 is 14.3 Å². The normalized spacial score (nSPS) is 13.1. The highest BCUT2D eigenvalue weighted by Crippen LogP contribution is 2.28. The number of ether oxygens (including phenoxy) is 1. The summed E-state index contributed by atoms with van der Waals surface area (Å²) in [7, 11) is 0. The van der Waals surface area contributed by atoms with Gasteiger partial charge in [-0.15, -0.1) is 11.3 Å². The molecular formula is C25H26N2O3S. The molecule has 0 spiro atoms. The Morgan fingerprint density at radius 3 is 2.65 bits per heavy atom. The summed E-state index contributed by atoms with van der Waals surface area (Å²) in [5, 5.41) is 5.05. The molecule has 1 aliphatic rings. The van der Waals surface area contributed by atoms with E-state index in [9.17, 15) is 9.59 Å². The summed E-state index contributed by atoms with van der Waals surface area (Å²) < 4.78 is 5.78. The molecule has 1 aliphatic heterocycles. The number of amides is 2. The van der Waals surface area contributed by atoms with Crippen molar-refractivity contribution in [1.82, 2.24) is 4.90 Å². The lowest BCUT2D eigenvalue weighted by molar-refractivity contribution is 0.0735. The third-order valence-corrected chi connectivity index (χ3v) is 6.42. The molecule has 3 aromatic rings. The van der Waals surface area contributed by atoms with Gasteiger partial charge in [-0.2, -0.15) is 0 Å². The van der Waals surface area contributed by atoms with Crippen molar-refractivity contribution in [2.24, 2.45) is 0 Å². The predicted octanol–water partition coefficient (Wildman–Crippen LogP) is 5.29. The van der Waals surface area contributed by atoms with E-state index in [-0.39, 0.29) is 17.9 Å². The van der Waals surface area contributed by atoms with Crippen LogP contribution in [0.4, 0.5) is 5.69 Å². The molecule has 0 aliphatic carbocycles. The maximum atomic E-state index is 13.2. The number of nitrogens with zero attached hydrogens (tertiary/aromatic N) is 1. The van der Waals surface area contributed by atoms with E-state index in [1.165, 1.54) is 10.4 Å². The molecule has 160 valence electrons. The molecule has 6 heteroatoms. The Bertz CT molecular complexity index is 1120. The second-order valence-electron chi connectivity index (χ2n) is 7.94. The van der Waals surface area contributed by atoms with Crippen molar-refractivity contribution in [3.8, 4) is 5.75 Å². The fourth-order valence-electron chi connectivity index (χ4n) is 3.80. The molecular weight excluding hydrogens is 408 g/mol. The minimum Gasteiger partial charge on any atom is -0.490 e. The maximum absolute atomic E-state index is 13.2. The highest BCUT2D eigenvalue weighted by molar-refractivity contribution is 7.10. The first-order valence-corrected chi connectivity index (χ1v) is 11.3. The first-order chi connectivity index (χ1) is 14.9. The number of fused-ring (bicyclic) bond motifs is 1. The number of thiophene rings is 1. The van der Waals surface area contributed by atoms with E-state index in [4.69, 9.17) is 4.74 Å². The Morgan fingerprint density at radius 2 is 1.84 bits per heavy atom. The molecule has 0 radical (unpaired) electrons. The van der Waals surface area contributed by atoms with Gasteiger partial charge in [0.15, 0.2) is 0 Å². The number of hydrogen-bond donors (Lipinski definition) is 1. The zero-order chi connectivity index (χ0) is 22.0. The first kappa shape index (κ1) is 21.1. The van der Waals surface area contributed by atoms with E-state index < -0.39 is 0 Å². The SMILES string of the molecule is Cc1c(NC(=O)c2ccccc2OC(C)C)cccc1C(=O)N1CCc2sccc2C1.